The van der Waals surface area contributed by atoms with E-state index in [-0.39, 0.29) is 5.69 Å². The summed E-state index contributed by atoms with van der Waals surface area (Å²) in [7, 11) is 0. The highest BCUT2D eigenvalue weighted by Gasteiger charge is 2.17. The van der Waals surface area contributed by atoms with E-state index in [2.05, 4.69) is 10.4 Å². The monoisotopic (exact) mass is 367 g/mol. The fraction of sp³-hybridized carbons (Fsp3) is 0.150. The molecule has 0 saturated carbocycles. The van der Waals surface area contributed by atoms with Crippen molar-refractivity contribution < 1.29 is 4.79 Å². The lowest BCUT2D eigenvalue weighted by Gasteiger charge is -2.14. The summed E-state index contributed by atoms with van der Waals surface area (Å²) in [5.41, 5.74) is 3.09. The van der Waals surface area contributed by atoms with Gasteiger partial charge in [0.25, 0.3) is 5.91 Å². The molecule has 1 aromatic heterocycles. The lowest BCUT2D eigenvalue weighted by molar-refractivity contribution is 0.101. The first-order valence-corrected chi connectivity index (χ1v) is 8.49. The second-order valence-electron chi connectivity index (χ2n) is 6.08. The number of halogens is 1. The van der Waals surface area contributed by atoms with Crippen LogP contribution >= 0.6 is 11.6 Å². The summed E-state index contributed by atoms with van der Waals surface area (Å²) in [6.07, 6.45) is 0. The second-order valence-corrected chi connectivity index (χ2v) is 6.49. The second kappa shape index (κ2) is 7.14. The number of aryl methyl sites for hydroxylation is 3. The summed E-state index contributed by atoms with van der Waals surface area (Å²) in [5.74, 6) is -0.548. The van der Waals surface area contributed by atoms with Crippen LogP contribution in [0.5, 0.6) is 0 Å². The number of nitrogens with one attached hydrogen (secondary N) is 1. The molecule has 0 saturated heterocycles. The molecule has 1 amide bonds. The quantitative estimate of drug-likeness (QED) is 0.759. The largest absolute Gasteiger partial charge is 0.320 e. The molecule has 0 fully saturated rings. The number of nitrogens with zero attached hydrogens (tertiary/aromatic N) is 2. The van der Waals surface area contributed by atoms with Crippen molar-refractivity contribution >= 4 is 23.2 Å². The van der Waals surface area contributed by atoms with Gasteiger partial charge in [0.15, 0.2) is 5.69 Å². The maximum atomic E-state index is 12.7. The fourth-order valence-corrected chi connectivity index (χ4v) is 2.97. The van der Waals surface area contributed by atoms with Crippen LogP contribution in [0.25, 0.3) is 5.69 Å². The summed E-state index contributed by atoms with van der Waals surface area (Å²) in [5, 5.41) is 7.55. The minimum Gasteiger partial charge on any atom is -0.320 e. The average Bonchev–Trinajstić information content (AvgIpc) is 2.59. The number of carbonyl (C=O) groups is 1. The summed E-state index contributed by atoms with van der Waals surface area (Å²) in [6, 6.07) is 14.2. The molecule has 0 spiro atoms. The number of aromatic nitrogens is 2. The van der Waals surface area contributed by atoms with Gasteiger partial charge in [0.2, 0.25) is 5.43 Å². The molecular formula is C20H18ClN3O2. The number of benzene rings is 2. The molecular weight excluding hydrogens is 350 g/mol. The van der Waals surface area contributed by atoms with E-state index < -0.39 is 11.3 Å². The Hall–Kier alpha value is -2.92. The third kappa shape index (κ3) is 3.39. The fourth-order valence-electron chi connectivity index (χ4n) is 2.76. The highest BCUT2D eigenvalue weighted by Crippen LogP contribution is 2.21. The first-order valence-electron chi connectivity index (χ1n) is 8.12. The zero-order valence-electron chi connectivity index (χ0n) is 14.7. The predicted octanol–water partition coefficient (Wildman–Crippen LogP) is 4.06. The number of carbonyl (C=O) groups excluding carboxylic acids is 1. The van der Waals surface area contributed by atoms with Gasteiger partial charge in [0, 0.05) is 17.4 Å². The maximum Gasteiger partial charge on any atom is 0.280 e. The maximum absolute atomic E-state index is 12.7. The number of amides is 1. The van der Waals surface area contributed by atoms with Crippen molar-refractivity contribution in [3.05, 3.63) is 86.3 Å². The number of para-hydroxylation sites is 2. The van der Waals surface area contributed by atoms with Gasteiger partial charge in [-0.05, 0) is 44.0 Å². The van der Waals surface area contributed by atoms with Crippen LogP contribution in [0.3, 0.4) is 0 Å². The minimum atomic E-state index is -0.548. The van der Waals surface area contributed by atoms with Crippen LogP contribution in [-0.4, -0.2) is 15.7 Å². The van der Waals surface area contributed by atoms with Crippen molar-refractivity contribution in [2.75, 3.05) is 5.32 Å². The van der Waals surface area contributed by atoms with E-state index in [0.29, 0.717) is 22.1 Å². The Balaban J connectivity index is 2.06. The molecule has 132 valence electrons. The van der Waals surface area contributed by atoms with Crippen molar-refractivity contribution in [3.63, 3.8) is 0 Å². The lowest BCUT2D eigenvalue weighted by Crippen LogP contribution is -2.27. The van der Waals surface area contributed by atoms with E-state index in [4.69, 9.17) is 11.6 Å². The van der Waals surface area contributed by atoms with Gasteiger partial charge in [-0.15, -0.1) is 0 Å². The van der Waals surface area contributed by atoms with E-state index in [1.807, 2.05) is 38.1 Å². The highest BCUT2D eigenvalue weighted by atomic mass is 35.5. The van der Waals surface area contributed by atoms with Gasteiger partial charge in [-0.25, -0.2) is 4.68 Å². The summed E-state index contributed by atoms with van der Waals surface area (Å²) >= 11 is 6.23. The van der Waals surface area contributed by atoms with Crippen molar-refractivity contribution in [2.24, 2.45) is 0 Å². The van der Waals surface area contributed by atoms with Gasteiger partial charge in [0.05, 0.1) is 10.7 Å². The van der Waals surface area contributed by atoms with Crippen LogP contribution in [0.4, 0.5) is 5.69 Å². The van der Waals surface area contributed by atoms with Crippen molar-refractivity contribution in [1.82, 2.24) is 9.78 Å². The molecule has 0 aliphatic rings. The molecule has 1 N–H and O–H groups in total. The number of rotatable bonds is 3. The van der Waals surface area contributed by atoms with Gasteiger partial charge in [-0.1, -0.05) is 41.9 Å². The Morgan fingerprint density at radius 2 is 1.69 bits per heavy atom. The standard InChI is InChI=1S/C20H18ClN3O2/c1-12-7-6-8-13(2)18(12)22-20(26)19-17(25)11-14(3)24(23-19)16-10-5-4-9-15(16)21/h4-11H,1-3H3,(H,22,26). The van der Waals surface area contributed by atoms with Crippen LogP contribution < -0.4 is 10.7 Å². The van der Waals surface area contributed by atoms with E-state index in [1.54, 1.807) is 25.1 Å². The lowest BCUT2D eigenvalue weighted by atomic mass is 10.1. The molecule has 0 atom stereocenters. The number of hydrogen-bond donors (Lipinski definition) is 1. The molecule has 3 aromatic rings. The highest BCUT2D eigenvalue weighted by molar-refractivity contribution is 6.32. The first-order chi connectivity index (χ1) is 12.4. The van der Waals surface area contributed by atoms with Crippen molar-refractivity contribution in [3.8, 4) is 5.69 Å². The van der Waals surface area contributed by atoms with Crippen molar-refractivity contribution in [2.45, 2.75) is 20.8 Å². The number of hydrogen-bond acceptors (Lipinski definition) is 3. The third-order valence-electron chi connectivity index (χ3n) is 4.12. The zero-order valence-corrected chi connectivity index (χ0v) is 15.5. The van der Waals surface area contributed by atoms with Gasteiger partial charge in [0.1, 0.15) is 0 Å². The molecule has 0 unspecified atom stereocenters. The summed E-state index contributed by atoms with van der Waals surface area (Å²) in [6.45, 7) is 5.53. The van der Waals surface area contributed by atoms with Crippen LogP contribution in [0.2, 0.25) is 5.02 Å². The van der Waals surface area contributed by atoms with Crippen LogP contribution in [0.15, 0.2) is 53.3 Å². The van der Waals surface area contributed by atoms with Gasteiger partial charge >= 0.3 is 0 Å². The van der Waals surface area contributed by atoms with Gasteiger partial charge in [-0.2, -0.15) is 5.10 Å². The van der Waals surface area contributed by atoms with E-state index in [9.17, 15) is 9.59 Å². The van der Waals surface area contributed by atoms with Crippen molar-refractivity contribution in [1.29, 1.82) is 0 Å². The minimum absolute atomic E-state index is 0.182. The van der Waals surface area contributed by atoms with Crippen LogP contribution in [0.1, 0.15) is 27.3 Å². The smallest absolute Gasteiger partial charge is 0.280 e. The molecule has 1 heterocycles. The van der Waals surface area contributed by atoms with Crippen LogP contribution in [0, 0.1) is 20.8 Å². The predicted molar refractivity (Wildman–Crippen MR) is 103 cm³/mol. The molecule has 6 heteroatoms. The average molecular weight is 368 g/mol. The molecule has 26 heavy (non-hydrogen) atoms. The first kappa shape index (κ1) is 17.9. The van der Waals surface area contributed by atoms with Crippen LogP contribution in [-0.2, 0) is 0 Å². The van der Waals surface area contributed by atoms with E-state index >= 15 is 0 Å². The SMILES string of the molecule is Cc1cccc(C)c1NC(=O)c1nn(-c2ccccc2Cl)c(C)cc1=O. The normalized spacial score (nSPS) is 10.6. The van der Waals surface area contributed by atoms with E-state index in [0.717, 1.165) is 11.1 Å². The Morgan fingerprint density at radius 3 is 2.35 bits per heavy atom. The molecule has 3 rings (SSSR count). The van der Waals surface area contributed by atoms with Gasteiger partial charge in [-0.3, -0.25) is 9.59 Å². The topological polar surface area (TPSA) is 64.0 Å². The Bertz CT molecular complexity index is 1040. The summed E-state index contributed by atoms with van der Waals surface area (Å²) in [4.78, 5) is 25.0. The third-order valence-corrected chi connectivity index (χ3v) is 4.44. The zero-order chi connectivity index (χ0) is 18.8. The Kier molecular flexibility index (Phi) is 4.91. The Labute approximate surface area is 156 Å². The molecule has 0 aliphatic carbocycles. The number of anilines is 1. The van der Waals surface area contributed by atoms with Gasteiger partial charge < -0.3 is 5.32 Å². The molecule has 0 bridgehead atoms. The Morgan fingerprint density at radius 1 is 1.04 bits per heavy atom. The molecule has 5 nitrogen and oxygen atoms in total. The molecule has 0 aliphatic heterocycles. The van der Waals surface area contributed by atoms with E-state index in [1.165, 1.54) is 10.7 Å². The molecule has 0 radical (unpaired) electrons. The molecule has 2 aromatic carbocycles. The summed E-state index contributed by atoms with van der Waals surface area (Å²) < 4.78 is 1.50.